The van der Waals surface area contributed by atoms with Crippen molar-refractivity contribution >= 4 is 40.2 Å². The van der Waals surface area contributed by atoms with Gasteiger partial charge in [0.2, 0.25) is 0 Å². The summed E-state index contributed by atoms with van der Waals surface area (Å²) in [7, 11) is 0. The minimum Gasteiger partial charge on any atom is -0.449 e. The van der Waals surface area contributed by atoms with Crippen LogP contribution < -0.4 is 5.32 Å². The first-order valence-corrected chi connectivity index (χ1v) is 7.81. The third kappa shape index (κ3) is 3.95. The highest BCUT2D eigenvalue weighted by Gasteiger charge is 2.20. The Morgan fingerprint density at radius 2 is 2.04 bits per heavy atom. The van der Waals surface area contributed by atoms with Crippen molar-refractivity contribution in [2.24, 2.45) is 0 Å². The van der Waals surface area contributed by atoms with E-state index in [1.54, 1.807) is 43.3 Å². The van der Waals surface area contributed by atoms with Crippen LogP contribution in [0.2, 0.25) is 5.15 Å². The molecule has 2 aromatic heterocycles. The molecule has 0 saturated heterocycles. The summed E-state index contributed by atoms with van der Waals surface area (Å²) in [5.41, 5.74) is 0.977. The van der Waals surface area contributed by atoms with E-state index in [0.717, 1.165) is 5.39 Å². The fraction of sp³-hybridized carbons (Fsp3) is 0.176. The standard InChI is InChI=1S/C17H14ClN3O4/c1-9-7-15(21-25-9)20-16(22)10(2)24-17(23)12-3-5-13-11(8-12)4-6-14(18)19-13/h3-8,10H,1-2H3,(H,20,21,22). The van der Waals surface area contributed by atoms with E-state index in [9.17, 15) is 9.59 Å². The van der Waals surface area contributed by atoms with Crippen molar-refractivity contribution in [3.05, 3.63) is 52.9 Å². The van der Waals surface area contributed by atoms with Crippen molar-refractivity contribution in [3.63, 3.8) is 0 Å². The first-order chi connectivity index (χ1) is 11.9. The zero-order chi connectivity index (χ0) is 18.0. The van der Waals surface area contributed by atoms with Crippen molar-refractivity contribution in [1.29, 1.82) is 0 Å². The van der Waals surface area contributed by atoms with E-state index in [1.807, 2.05) is 0 Å². The number of hydrogen-bond donors (Lipinski definition) is 1. The van der Waals surface area contributed by atoms with Crippen molar-refractivity contribution in [1.82, 2.24) is 10.1 Å². The molecule has 1 unspecified atom stereocenters. The number of esters is 1. The maximum Gasteiger partial charge on any atom is 0.338 e. The molecule has 0 fully saturated rings. The van der Waals surface area contributed by atoms with Gasteiger partial charge in [-0.15, -0.1) is 0 Å². The molecule has 0 aliphatic carbocycles. The number of nitrogens with zero attached hydrogens (tertiary/aromatic N) is 2. The summed E-state index contributed by atoms with van der Waals surface area (Å²) < 4.78 is 10.1. The summed E-state index contributed by atoms with van der Waals surface area (Å²) in [5.74, 6) is -0.296. The topological polar surface area (TPSA) is 94.3 Å². The number of carbonyl (C=O) groups excluding carboxylic acids is 2. The Labute approximate surface area is 147 Å². The van der Waals surface area contributed by atoms with Crippen LogP contribution in [0.25, 0.3) is 10.9 Å². The number of fused-ring (bicyclic) bond motifs is 1. The summed E-state index contributed by atoms with van der Waals surface area (Å²) in [5, 5.41) is 7.28. The second kappa shape index (κ2) is 6.90. The second-order valence-electron chi connectivity index (χ2n) is 5.40. The number of nitrogens with one attached hydrogen (secondary N) is 1. The number of aryl methyl sites for hydroxylation is 1. The summed E-state index contributed by atoms with van der Waals surface area (Å²) in [6.07, 6.45) is -0.997. The summed E-state index contributed by atoms with van der Waals surface area (Å²) in [4.78, 5) is 28.4. The molecule has 1 N–H and O–H groups in total. The van der Waals surface area contributed by atoms with Gasteiger partial charge in [-0.25, -0.2) is 9.78 Å². The molecule has 2 heterocycles. The Kier molecular flexibility index (Phi) is 4.67. The third-order valence-corrected chi connectivity index (χ3v) is 3.63. The highest BCUT2D eigenvalue weighted by Crippen LogP contribution is 2.18. The number of carbonyl (C=O) groups is 2. The lowest BCUT2D eigenvalue weighted by Gasteiger charge is -2.12. The van der Waals surface area contributed by atoms with Crippen LogP contribution in [0.1, 0.15) is 23.0 Å². The molecule has 128 valence electrons. The van der Waals surface area contributed by atoms with E-state index in [1.165, 1.54) is 6.92 Å². The number of anilines is 1. The molecule has 1 aromatic carbocycles. The van der Waals surface area contributed by atoms with Gasteiger partial charge in [-0.3, -0.25) is 4.79 Å². The molecule has 0 bridgehead atoms. The van der Waals surface area contributed by atoms with Crippen LogP contribution >= 0.6 is 11.6 Å². The smallest absolute Gasteiger partial charge is 0.338 e. The van der Waals surface area contributed by atoms with Crippen molar-refractivity contribution in [3.8, 4) is 0 Å². The number of hydrogen-bond acceptors (Lipinski definition) is 6. The average molecular weight is 360 g/mol. The van der Waals surface area contributed by atoms with Crippen LogP contribution in [0.15, 0.2) is 40.9 Å². The van der Waals surface area contributed by atoms with Crippen molar-refractivity contribution in [2.45, 2.75) is 20.0 Å². The molecule has 7 nitrogen and oxygen atoms in total. The number of amides is 1. The van der Waals surface area contributed by atoms with Gasteiger partial charge in [0.05, 0.1) is 11.1 Å². The van der Waals surface area contributed by atoms with Gasteiger partial charge in [-0.1, -0.05) is 16.8 Å². The maximum atomic E-state index is 12.2. The predicted octanol–water partition coefficient (Wildman–Crippen LogP) is 3.37. The first-order valence-electron chi connectivity index (χ1n) is 7.44. The maximum absolute atomic E-state index is 12.2. The molecule has 1 amide bonds. The number of ether oxygens (including phenoxy) is 1. The predicted molar refractivity (Wildman–Crippen MR) is 91.5 cm³/mol. The van der Waals surface area contributed by atoms with Crippen LogP contribution in [0.3, 0.4) is 0 Å². The van der Waals surface area contributed by atoms with E-state index in [-0.39, 0.29) is 5.82 Å². The van der Waals surface area contributed by atoms with E-state index in [4.69, 9.17) is 20.9 Å². The van der Waals surface area contributed by atoms with Crippen LogP contribution in [0.4, 0.5) is 5.82 Å². The molecule has 0 radical (unpaired) electrons. The minimum absolute atomic E-state index is 0.263. The van der Waals surface area contributed by atoms with Crippen LogP contribution in [0.5, 0.6) is 0 Å². The molecule has 0 saturated carbocycles. The Morgan fingerprint density at radius 1 is 1.24 bits per heavy atom. The molecule has 0 aliphatic rings. The lowest BCUT2D eigenvalue weighted by atomic mass is 10.1. The van der Waals surface area contributed by atoms with Gasteiger partial charge in [0, 0.05) is 11.5 Å². The Morgan fingerprint density at radius 3 is 2.76 bits per heavy atom. The Balaban J connectivity index is 1.68. The van der Waals surface area contributed by atoms with E-state index < -0.39 is 18.0 Å². The van der Waals surface area contributed by atoms with Gasteiger partial charge in [0.1, 0.15) is 10.9 Å². The highest BCUT2D eigenvalue weighted by atomic mass is 35.5. The van der Waals surface area contributed by atoms with E-state index in [0.29, 0.717) is 22.0 Å². The lowest BCUT2D eigenvalue weighted by molar-refractivity contribution is -0.123. The summed E-state index contributed by atoms with van der Waals surface area (Å²) in [6.45, 7) is 3.18. The van der Waals surface area contributed by atoms with Crippen LogP contribution in [-0.4, -0.2) is 28.1 Å². The van der Waals surface area contributed by atoms with Gasteiger partial charge in [-0.05, 0) is 44.2 Å². The first kappa shape index (κ1) is 16.9. The molecule has 3 aromatic rings. The number of halogens is 1. The molecular weight excluding hydrogens is 346 g/mol. The number of aromatic nitrogens is 2. The summed E-state index contributed by atoms with van der Waals surface area (Å²) >= 11 is 5.83. The quantitative estimate of drug-likeness (QED) is 0.567. The zero-order valence-corrected chi connectivity index (χ0v) is 14.2. The summed E-state index contributed by atoms with van der Waals surface area (Å²) in [6, 6.07) is 9.82. The monoisotopic (exact) mass is 359 g/mol. The van der Waals surface area contributed by atoms with Gasteiger partial charge in [-0.2, -0.15) is 0 Å². The van der Waals surface area contributed by atoms with E-state index in [2.05, 4.69) is 15.5 Å². The normalized spacial score (nSPS) is 12.0. The Hall–Kier alpha value is -2.93. The highest BCUT2D eigenvalue weighted by molar-refractivity contribution is 6.29. The fourth-order valence-electron chi connectivity index (χ4n) is 2.16. The Bertz CT molecular complexity index is 954. The van der Waals surface area contributed by atoms with Gasteiger partial charge in [0.25, 0.3) is 5.91 Å². The number of benzene rings is 1. The zero-order valence-electron chi connectivity index (χ0n) is 13.4. The lowest BCUT2D eigenvalue weighted by Crippen LogP contribution is -2.30. The number of pyridine rings is 1. The van der Waals surface area contributed by atoms with Crippen molar-refractivity contribution < 1.29 is 18.8 Å². The van der Waals surface area contributed by atoms with Crippen LogP contribution in [0, 0.1) is 6.92 Å². The molecule has 1 atom stereocenters. The average Bonchev–Trinajstić information content (AvgIpc) is 2.99. The van der Waals surface area contributed by atoms with Gasteiger partial charge < -0.3 is 14.6 Å². The van der Waals surface area contributed by atoms with E-state index >= 15 is 0 Å². The molecule has 0 spiro atoms. The largest absolute Gasteiger partial charge is 0.449 e. The van der Waals surface area contributed by atoms with Gasteiger partial charge in [0.15, 0.2) is 11.9 Å². The molecular formula is C17H14ClN3O4. The fourth-order valence-corrected chi connectivity index (χ4v) is 2.32. The van der Waals surface area contributed by atoms with Crippen LogP contribution in [-0.2, 0) is 9.53 Å². The molecule has 3 rings (SSSR count). The SMILES string of the molecule is Cc1cc(NC(=O)C(C)OC(=O)c2ccc3nc(Cl)ccc3c2)no1. The second-order valence-corrected chi connectivity index (χ2v) is 5.79. The minimum atomic E-state index is -0.997. The van der Waals surface area contributed by atoms with Gasteiger partial charge >= 0.3 is 5.97 Å². The molecule has 25 heavy (non-hydrogen) atoms. The number of rotatable bonds is 4. The third-order valence-electron chi connectivity index (χ3n) is 3.42. The molecule has 8 heteroatoms. The van der Waals surface area contributed by atoms with Crippen molar-refractivity contribution in [2.75, 3.05) is 5.32 Å². The molecule has 0 aliphatic heterocycles.